The zero-order valence-corrected chi connectivity index (χ0v) is 13.0. The van der Waals surface area contributed by atoms with Gasteiger partial charge in [0.2, 0.25) is 0 Å². The van der Waals surface area contributed by atoms with Gasteiger partial charge in [-0.1, -0.05) is 35.9 Å². The number of fused-ring (bicyclic) bond motifs is 1. The lowest BCUT2D eigenvalue weighted by Crippen LogP contribution is -2.25. The first-order chi connectivity index (χ1) is 11.1. The Balaban J connectivity index is 2.05. The van der Waals surface area contributed by atoms with Crippen molar-refractivity contribution in [3.8, 4) is 0 Å². The molecule has 0 amide bonds. The fraction of sp³-hybridized carbons (Fsp3) is 0.176. The first-order valence-corrected chi connectivity index (χ1v) is 7.58. The predicted octanol–water partition coefficient (Wildman–Crippen LogP) is 2.98. The molecule has 23 heavy (non-hydrogen) atoms. The lowest BCUT2D eigenvalue weighted by molar-refractivity contribution is -0.137. The molecule has 0 bridgehead atoms. The van der Waals surface area contributed by atoms with Gasteiger partial charge in [0.15, 0.2) is 0 Å². The van der Waals surface area contributed by atoms with E-state index in [4.69, 9.17) is 16.7 Å². The van der Waals surface area contributed by atoms with Crippen LogP contribution in [0.15, 0.2) is 53.3 Å². The van der Waals surface area contributed by atoms with Gasteiger partial charge in [-0.25, -0.2) is 4.79 Å². The lowest BCUT2D eigenvalue weighted by atomic mass is 10.2. The molecule has 3 rings (SSSR count). The number of hydrogen-bond donors (Lipinski definition) is 1. The number of halogens is 1. The number of aryl methyl sites for hydroxylation is 1. The molecule has 0 aliphatic rings. The molecule has 0 unspecified atom stereocenters. The molecule has 0 atom stereocenters. The largest absolute Gasteiger partial charge is 0.481 e. The van der Waals surface area contributed by atoms with Crippen molar-refractivity contribution in [2.24, 2.45) is 0 Å². The number of benzene rings is 2. The Hall–Kier alpha value is -2.53. The standard InChI is InChI=1S/C17H15ClN2O3/c18-13-7-5-12(6-8-13)11-20-15-4-2-1-3-14(15)19(17(20)23)10-9-16(21)22/h1-8H,9-11H2,(H,21,22). The van der Waals surface area contributed by atoms with Gasteiger partial charge in [-0.3, -0.25) is 13.9 Å². The minimum Gasteiger partial charge on any atom is -0.481 e. The molecular weight excluding hydrogens is 316 g/mol. The Bertz CT molecular complexity index is 910. The van der Waals surface area contributed by atoms with Crippen LogP contribution in [-0.4, -0.2) is 20.2 Å². The average Bonchev–Trinajstić information content (AvgIpc) is 2.80. The van der Waals surface area contributed by atoms with Crippen molar-refractivity contribution in [1.82, 2.24) is 9.13 Å². The van der Waals surface area contributed by atoms with Gasteiger partial charge in [0.05, 0.1) is 24.0 Å². The molecule has 0 radical (unpaired) electrons. The Kier molecular flexibility index (Phi) is 4.21. The Morgan fingerprint density at radius 3 is 2.22 bits per heavy atom. The van der Waals surface area contributed by atoms with Gasteiger partial charge in [-0.05, 0) is 29.8 Å². The first-order valence-electron chi connectivity index (χ1n) is 7.20. The molecule has 2 aromatic carbocycles. The Morgan fingerprint density at radius 1 is 1.00 bits per heavy atom. The van der Waals surface area contributed by atoms with Crippen LogP contribution in [0.25, 0.3) is 11.0 Å². The van der Waals surface area contributed by atoms with E-state index in [0.717, 1.165) is 16.6 Å². The molecular formula is C17H15ClN2O3. The van der Waals surface area contributed by atoms with E-state index >= 15 is 0 Å². The zero-order chi connectivity index (χ0) is 16.4. The maximum atomic E-state index is 12.7. The average molecular weight is 331 g/mol. The van der Waals surface area contributed by atoms with E-state index in [1.165, 1.54) is 4.57 Å². The van der Waals surface area contributed by atoms with Gasteiger partial charge in [-0.2, -0.15) is 0 Å². The van der Waals surface area contributed by atoms with E-state index in [1.807, 2.05) is 36.4 Å². The summed E-state index contributed by atoms with van der Waals surface area (Å²) in [7, 11) is 0. The van der Waals surface area contributed by atoms with Gasteiger partial charge in [0, 0.05) is 11.6 Å². The second kappa shape index (κ2) is 6.30. The topological polar surface area (TPSA) is 64.2 Å². The second-order valence-corrected chi connectivity index (χ2v) is 5.72. The van der Waals surface area contributed by atoms with Gasteiger partial charge in [0.25, 0.3) is 0 Å². The number of aromatic nitrogens is 2. The summed E-state index contributed by atoms with van der Waals surface area (Å²) >= 11 is 5.89. The van der Waals surface area contributed by atoms with Crippen molar-refractivity contribution in [2.75, 3.05) is 0 Å². The summed E-state index contributed by atoms with van der Waals surface area (Å²) in [6, 6.07) is 14.7. The molecule has 1 heterocycles. The molecule has 0 fully saturated rings. The minimum atomic E-state index is -0.925. The summed E-state index contributed by atoms with van der Waals surface area (Å²) in [5, 5.41) is 9.51. The fourth-order valence-corrected chi connectivity index (χ4v) is 2.75. The molecule has 1 N–H and O–H groups in total. The number of nitrogens with zero attached hydrogens (tertiary/aromatic N) is 2. The molecule has 0 aliphatic carbocycles. The number of carboxylic acids is 1. The number of hydrogen-bond acceptors (Lipinski definition) is 2. The van der Waals surface area contributed by atoms with Crippen LogP contribution in [0.5, 0.6) is 0 Å². The van der Waals surface area contributed by atoms with Crippen LogP contribution in [0.1, 0.15) is 12.0 Å². The van der Waals surface area contributed by atoms with Crippen LogP contribution in [0.3, 0.4) is 0 Å². The second-order valence-electron chi connectivity index (χ2n) is 5.28. The van der Waals surface area contributed by atoms with Crippen molar-refractivity contribution in [3.05, 3.63) is 69.6 Å². The van der Waals surface area contributed by atoms with Gasteiger partial charge < -0.3 is 5.11 Å². The molecule has 0 saturated carbocycles. The van der Waals surface area contributed by atoms with Crippen molar-refractivity contribution in [3.63, 3.8) is 0 Å². The summed E-state index contributed by atoms with van der Waals surface area (Å²) in [5.74, 6) is -0.925. The molecule has 118 valence electrons. The molecule has 1 aromatic heterocycles. The van der Waals surface area contributed by atoms with E-state index in [1.54, 1.807) is 16.7 Å². The highest BCUT2D eigenvalue weighted by molar-refractivity contribution is 6.30. The summed E-state index contributed by atoms with van der Waals surface area (Å²) in [4.78, 5) is 23.5. The van der Waals surface area contributed by atoms with Gasteiger partial charge >= 0.3 is 11.7 Å². The van der Waals surface area contributed by atoms with Gasteiger partial charge in [0.1, 0.15) is 0 Å². The SMILES string of the molecule is O=C(O)CCn1c(=O)n(Cc2ccc(Cl)cc2)c2ccccc21. The molecule has 5 nitrogen and oxygen atoms in total. The monoisotopic (exact) mass is 330 g/mol. The van der Waals surface area contributed by atoms with Crippen LogP contribution < -0.4 is 5.69 Å². The summed E-state index contributed by atoms with van der Waals surface area (Å²) in [6.07, 6.45) is -0.0884. The van der Waals surface area contributed by atoms with Crippen LogP contribution in [-0.2, 0) is 17.9 Å². The summed E-state index contributed by atoms with van der Waals surface area (Å²) in [5.41, 5.74) is 2.28. The van der Waals surface area contributed by atoms with E-state index < -0.39 is 5.97 Å². The van der Waals surface area contributed by atoms with Crippen molar-refractivity contribution in [1.29, 1.82) is 0 Å². The van der Waals surface area contributed by atoms with Crippen molar-refractivity contribution >= 4 is 28.6 Å². The zero-order valence-electron chi connectivity index (χ0n) is 12.3. The van der Waals surface area contributed by atoms with E-state index in [-0.39, 0.29) is 18.7 Å². The van der Waals surface area contributed by atoms with Crippen LogP contribution in [0, 0.1) is 0 Å². The van der Waals surface area contributed by atoms with Crippen LogP contribution in [0.4, 0.5) is 0 Å². The van der Waals surface area contributed by atoms with Crippen molar-refractivity contribution < 1.29 is 9.90 Å². The summed E-state index contributed by atoms with van der Waals surface area (Å²) < 4.78 is 3.17. The number of rotatable bonds is 5. The van der Waals surface area contributed by atoms with E-state index in [9.17, 15) is 9.59 Å². The normalized spacial score (nSPS) is 11.0. The number of carbonyl (C=O) groups is 1. The lowest BCUT2D eigenvalue weighted by Gasteiger charge is -2.03. The third-order valence-electron chi connectivity index (χ3n) is 3.73. The molecule has 0 spiro atoms. The number of para-hydroxylation sites is 2. The highest BCUT2D eigenvalue weighted by Crippen LogP contribution is 2.16. The number of imidazole rings is 1. The first kappa shape index (κ1) is 15.4. The number of carboxylic acid groups (broad SMARTS) is 1. The summed E-state index contributed by atoms with van der Waals surface area (Å²) in [6.45, 7) is 0.568. The Morgan fingerprint density at radius 2 is 1.61 bits per heavy atom. The van der Waals surface area contributed by atoms with E-state index in [0.29, 0.717) is 11.6 Å². The molecule has 3 aromatic rings. The highest BCUT2D eigenvalue weighted by atomic mass is 35.5. The van der Waals surface area contributed by atoms with Crippen LogP contribution >= 0.6 is 11.6 Å². The third kappa shape index (κ3) is 3.14. The van der Waals surface area contributed by atoms with Crippen LogP contribution in [0.2, 0.25) is 5.02 Å². The van der Waals surface area contributed by atoms with E-state index in [2.05, 4.69) is 0 Å². The molecule has 6 heteroatoms. The predicted molar refractivity (Wildman–Crippen MR) is 89.0 cm³/mol. The smallest absolute Gasteiger partial charge is 0.329 e. The fourth-order valence-electron chi connectivity index (χ4n) is 2.62. The maximum absolute atomic E-state index is 12.7. The van der Waals surface area contributed by atoms with Gasteiger partial charge in [-0.15, -0.1) is 0 Å². The minimum absolute atomic E-state index is 0.0884. The van der Waals surface area contributed by atoms with Crippen molar-refractivity contribution in [2.45, 2.75) is 19.5 Å². The maximum Gasteiger partial charge on any atom is 0.329 e. The highest BCUT2D eigenvalue weighted by Gasteiger charge is 2.13. The quantitative estimate of drug-likeness (QED) is 0.782. The number of aliphatic carboxylic acids is 1. The third-order valence-corrected chi connectivity index (χ3v) is 3.98. The molecule has 0 aliphatic heterocycles. The Labute approximate surface area is 137 Å². The molecule has 0 saturated heterocycles.